The van der Waals surface area contributed by atoms with Gasteiger partial charge < -0.3 is 15.0 Å². The Balaban J connectivity index is 2.08. The van der Waals surface area contributed by atoms with Gasteiger partial charge in [0.2, 0.25) is 0 Å². The van der Waals surface area contributed by atoms with Gasteiger partial charge in [0.1, 0.15) is 0 Å². The highest BCUT2D eigenvalue weighted by Crippen LogP contribution is 2.21. The summed E-state index contributed by atoms with van der Waals surface area (Å²) in [6, 6.07) is 8.56. The van der Waals surface area contributed by atoms with Crippen molar-refractivity contribution in [2.24, 2.45) is 0 Å². The second kappa shape index (κ2) is 4.64. The topological polar surface area (TPSA) is 24.5 Å². The van der Waals surface area contributed by atoms with Crippen molar-refractivity contribution in [1.29, 1.82) is 0 Å². The summed E-state index contributed by atoms with van der Waals surface area (Å²) < 4.78 is 5.69. The smallest absolute Gasteiger partial charge is 0.0949 e. The molecule has 1 aliphatic heterocycles. The molecule has 1 unspecified atom stereocenters. The van der Waals surface area contributed by atoms with Gasteiger partial charge in [0.05, 0.1) is 12.7 Å². The maximum atomic E-state index is 5.69. The van der Waals surface area contributed by atoms with Crippen LogP contribution >= 0.6 is 0 Å². The van der Waals surface area contributed by atoms with Crippen molar-refractivity contribution < 1.29 is 4.74 Å². The third-order valence-corrected chi connectivity index (χ3v) is 2.71. The molecule has 82 valence electrons. The normalized spacial score (nSPS) is 21.3. The number of morpholine rings is 1. The molecule has 1 fully saturated rings. The first kappa shape index (κ1) is 10.5. The molecule has 1 atom stereocenters. The molecule has 0 amide bonds. The molecule has 0 bridgehead atoms. The third kappa shape index (κ3) is 2.49. The van der Waals surface area contributed by atoms with Crippen molar-refractivity contribution in [3.05, 3.63) is 29.8 Å². The second-order valence-corrected chi connectivity index (χ2v) is 4.05. The van der Waals surface area contributed by atoms with Crippen LogP contribution in [0.3, 0.4) is 0 Å². The quantitative estimate of drug-likeness (QED) is 0.792. The first-order chi connectivity index (χ1) is 7.27. The summed E-state index contributed by atoms with van der Waals surface area (Å²) in [6.45, 7) is 2.69. The van der Waals surface area contributed by atoms with Gasteiger partial charge in [0.25, 0.3) is 0 Å². The van der Waals surface area contributed by atoms with E-state index < -0.39 is 0 Å². The number of rotatable bonds is 2. The Morgan fingerprint density at radius 1 is 1.27 bits per heavy atom. The monoisotopic (exact) mass is 206 g/mol. The number of hydrogen-bond donors (Lipinski definition) is 1. The van der Waals surface area contributed by atoms with Crippen LogP contribution in [0, 0.1) is 0 Å². The van der Waals surface area contributed by atoms with Gasteiger partial charge in [-0.15, -0.1) is 0 Å². The summed E-state index contributed by atoms with van der Waals surface area (Å²) in [5.74, 6) is 0. The van der Waals surface area contributed by atoms with Gasteiger partial charge in [0.15, 0.2) is 0 Å². The molecule has 2 rings (SSSR count). The predicted molar refractivity (Wildman–Crippen MR) is 62.3 cm³/mol. The number of anilines is 1. The molecule has 0 spiro atoms. The molecular weight excluding hydrogens is 188 g/mol. The van der Waals surface area contributed by atoms with E-state index >= 15 is 0 Å². The van der Waals surface area contributed by atoms with Crippen molar-refractivity contribution in [3.8, 4) is 0 Å². The predicted octanol–water partition coefficient (Wildman–Crippen LogP) is 1.41. The van der Waals surface area contributed by atoms with Crippen molar-refractivity contribution in [3.63, 3.8) is 0 Å². The first-order valence-corrected chi connectivity index (χ1v) is 5.37. The van der Waals surface area contributed by atoms with Crippen LogP contribution in [0.1, 0.15) is 11.7 Å². The Bertz CT molecular complexity index is 302. The SMILES string of the molecule is CN(C)c1ccc(C2CNCCO2)cc1. The number of hydrogen-bond acceptors (Lipinski definition) is 3. The van der Waals surface area contributed by atoms with Gasteiger partial charge in [-0.05, 0) is 17.7 Å². The Kier molecular flexibility index (Phi) is 3.23. The highest BCUT2D eigenvalue weighted by Gasteiger charge is 2.15. The van der Waals surface area contributed by atoms with Gasteiger partial charge in [-0.2, -0.15) is 0 Å². The van der Waals surface area contributed by atoms with E-state index in [4.69, 9.17) is 4.74 Å². The molecule has 1 aromatic rings. The highest BCUT2D eigenvalue weighted by molar-refractivity contribution is 5.46. The summed E-state index contributed by atoms with van der Waals surface area (Å²) >= 11 is 0. The minimum Gasteiger partial charge on any atom is -0.378 e. The molecule has 1 aliphatic rings. The molecule has 1 N–H and O–H groups in total. The molecule has 0 aliphatic carbocycles. The lowest BCUT2D eigenvalue weighted by atomic mass is 10.1. The summed E-state index contributed by atoms with van der Waals surface area (Å²) in [6.07, 6.45) is 0.218. The van der Waals surface area contributed by atoms with Crippen molar-refractivity contribution in [2.45, 2.75) is 6.10 Å². The Morgan fingerprint density at radius 3 is 2.53 bits per heavy atom. The minimum atomic E-state index is 0.218. The van der Waals surface area contributed by atoms with Crippen molar-refractivity contribution in [2.75, 3.05) is 38.7 Å². The van der Waals surface area contributed by atoms with Crippen LogP contribution in [0.15, 0.2) is 24.3 Å². The van der Waals surface area contributed by atoms with Gasteiger partial charge in [0, 0.05) is 32.9 Å². The fourth-order valence-electron chi connectivity index (χ4n) is 1.77. The van der Waals surface area contributed by atoms with Gasteiger partial charge >= 0.3 is 0 Å². The number of ether oxygens (including phenoxy) is 1. The van der Waals surface area contributed by atoms with Crippen LogP contribution < -0.4 is 10.2 Å². The Labute approximate surface area is 91.0 Å². The van der Waals surface area contributed by atoms with Crippen LogP contribution in [0.25, 0.3) is 0 Å². The minimum absolute atomic E-state index is 0.218. The van der Waals surface area contributed by atoms with E-state index in [2.05, 4.69) is 34.5 Å². The maximum Gasteiger partial charge on any atom is 0.0949 e. The molecule has 1 saturated heterocycles. The Hall–Kier alpha value is -1.06. The zero-order valence-corrected chi connectivity index (χ0v) is 9.36. The van der Waals surface area contributed by atoms with Crippen LogP contribution in [0.5, 0.6) is 0 Å². The zero-order valence-electron chi connectivity index (χ0n) is 9.36. The molecule has 15 heavy (non-hydrogen) atoms. The highest BCUT2D eigenvalue weighted by atomic mass is 16.5. The average Bonchev–Trinajstić information content (AvgIpc) is 2.30. The second-order valence-electron chi connectivity index (χ2n) is 4.05. The molecular formula is C12H18N2O. The van der Waals surface area contributed by atoms with E-state index in [1.54, 1.807) is 0 Å². The summed E-state index contributed by atoms with van der Waals surface area (Å²) in [4.78, 5) is 2.10. The van der Waals surface area contributed by atoms with Gasteiger partial charge in [-0.3, -0.25) is 0 Å². The number of nitrogens with one attached hydrogen (secondary N) is 1. The molecule has 1 heterocycles. The molecule has 3 nitrogen and oxygen atoms in total. The lowest BCUT2D eigenvalue weighted by Crippen LogP contribution is -2.33. The van der Waals surface area contributed by atoms with Crippen molar-refractivity contribution >= 4 is 5.69 Å². The molecule has 0 radical (unpaired) electrons. The average molecular weight is 206 g/mol. The molecule has 0 saturated carbocycles. The van der Waals surface area contributed by atoms with Gasteiger partial charge in [-0.1, -0.05) is 12.1 Å². The van der Waals surface area contributed by atoms with E-state index in [1.807, 2.05) is 14.1 Å². The van der Waals surface area contributed by atoms with E-state index in [0.29, 0.717) is 0 Å². The zero-order chi connectivity index (χ0) is 10.7. The standard InChI is InChI=1S/C12H18N2O/c1-14(2)11-5-3-10(4-6-11)12-9-13-7-8-15-12/h3-6,12-13H,7-9H2,1-2H3. The molecule has 0 aromatic heterocycles. The van der Waals surface area contributed by atoms with Crippen LogP contribution in [0.2, 0.25) is 0 Å². The van der Waals surface area contributed by atoms with E-state index in [-0.39, 0.29) is 6.10 Å². The Morgan fingerprint density at radius 2 is 2.00 bits per heavy atom. The molecule has 1 aromatic carbocycles. The fourth-order valence-corrected chi connectivity index (χ4v) is 1.77. The maximum absolute atomic E-state index is 5.69. The van der Waals surface area contributed by atoms with E-state index in [0.717, 1.165) is 19.7 Å². The van der Waals surface area contributed by atoms with Gasteiger partial charge in [-0.25, -0.2) is 0 Å². The number of nitrogens with zero attached hydrogens (tertiary/aromatic N) is 1. The summed E-state index contributed by atoms with van der Waals surface area (Å²) in [7, 11) is 4.10. The number of benzene rings is 1. The lowest BCUT2D eigenvalue weighted by molar-refractivity contribution is 0.0277. The summed E-state index contributed by atoms with van der Waals surface area (Å²) in [5.41, 5.74) is 2.48. The lowest BCUT2D eigenvalue weighted by Gasteiger charge is -2.24. The largest absolute Gasteiger partial charge is 0.378 e. The van der Waals surface area contributed by atoms with E-state index in [1.165, 1.54) is 11.3 Å². The van der Waals surface area contributed by atoms with E-state index in [9.17, 15) is 0 Å². The van der Waals surface area contributed by atoms with Crippen molar-refractivity contribution in [1.82, 2.24) is 5.32 Å². The van der Waals surface area contributed by atoms with Crippen LogP contribution in [-0.4, -0.2) is 33.8 Å². The summed E-state index contributed by atoms with van der Waals surface area (Å²) in [5, 5.41) is 3.34. The first-order valence-electron chi connectivity index (χ1n) is 5.37. The van der Waals surface area contributed by atoms with Crippen LogP contribution in [0.4, 0.5) is 5.69 Å². The fraction of sp³-hybridized carbons (Fsp3) is 0.500. The molecule has 3 heteroatoms. The van der Waals surface area contributed by atoms with Crippen LogP contribution in [-0.2, 0) is 4.74 Å². The third-order valence-electron chi connectivity index (χ3n) is 2.71.